The molecule has 5 nitrogen and oxygen atoms in total. The normalized spacial score (nSPS) is 9.72. The summed E-state index contributed by atoms with van der Waals surface area (Å²) < 4.78 is 10.0. The van der Waals surface area contributed by atoms with E-state index in [2.05, 4.69) is 26.0 Å². The van der Waals surface area contributed by atoms with Gasteiger partial charge in [-0.3, -0.25) is 4.79 Å². The van der Waals surface area contributed by atoms with Crippen LogP contribution in [-0.2, 0) is 9.53 Å². The summed E-state index contributed by atoms with van der Waals surface area (Å²) >= 11 is 8.98. The van der Waals surface area contributed by atoms with Gasteiger partial charge in [0.25, 0.3) is 0 Å². The highest BCUT2D eigenvalue weighted by atomic mass is 79.9. The van der Waals surface area contributed by atoms with Gasteiger partial charge in [-0.1, -0.05) is 11.6 Å². The van der Waals surface area contributed by atoms with Crippen molar-refractivity contribution < 1.29 is 19.1 Å². The van der Waals surface area contributed by atoms with E-state index in [9.17, 15) is 9.59 Å². The van der Waals surface area contributed by atoms with Gasteiger partial charge in [0.15, 0.2) is 0 Å². The maximum Gasteiger partial charge on any atom is 0.406 e. The molecular formula is C11H11BrClNO4. The number of carbonyl (C=O) groups excluding carboxylic acids is 2. The molecule has 0 saturated carbocycles. The van der Waals surface area contributed by atoms with E-state index in [0.29, 0.717) is 15.2 Å². The molecule has 0 aliphatic heterocycles. The number of esters is 1. The maximum atomic E-state index is 11.5. The topological polar surface area (TPSA) is 64.6 Å². The lowest BCUT2D eigenvalue weighted by Crippen LogP contribution is -2.26. The Balaban J connectivity index is 2.42. The molecule has 0 saturated heterocycles. The van der Waals surface area contributed by atoms with Crippen LogP contribution in [0.3, 0.4) is 0 Å². The Morgan fingerprint density at radius 2 is 2.17 bits per heavy atom. The summed E-state index contributed by atoms with van der Waals surface area (Å²) in [5.41, 5.74) is 0. The number of hydrogen-bond acceptors (Lipinski definition) is 4. The highest BCUT2D eigenvalue weighted by molar-refractivity contribution is 9.10. The lowest BCUT2D eigenvalue weighted by atomic mass is 10.3. The SMILES string of the molecule is COC(=O)NCCC(=O)Oc1ccc(Cl)cc1Br. The van der Waals surface area contributed by atoms with E-state index in [1.54, 1.807) is 18.2 Å². The molecule has 18 heavy (non-hydrogen) atoms. The van der Waals surface area contributed by atoms with Crippen molar-refractivity contribution in [3.63, 3.8) is 0 Å². The van der Waals surface area contributed by atoms with E-state index < -0.39 is 12.1 Å². The average molecular weight is 337 g/mol. The lowest BCUT2D eigenvalue weighted by Gasteiger charge is -2.07. The molecule has 1 rings (SSSR count). The van der Waals surface area contributed by atoms with Gasteiger partial charge in [0.2, 0.25) is 0 Å². The molecule has 1 aromatic carbocycles. The smallest absolute Gasteiger partial charge is 0.406 e. The minimum absolute atomic E-state index is 0.0458. The third kappa shape index (κ3) is 4.93. The number of methoxy groups -OCH3 is 1. The first kappa shape index (κ1) is 14.8. The van der Waals surface area contributed by atoms with Gasteiger partial charge in [-0.2, -0.15) is 0 Å². The van der Waals surface area contributed by atoms with Gasteiger partial charge in [-0.25, -0.2) is 4.79 Å². The van der Waals surface area contributed by atoms with Gasteiger partial charge in [-0.15, -0.1) is 0 Å². The van der Waals surface area contributed by atoms with Crippen molar-refractivity contribution >= 4 is 39.6 Å². The zero-order valence-corrected chi connectivity index (χ0v) is 11.9. The predicted molar refractivity (Wildman–Crippen MR) is 69.8 cm³/mol. The van der Waals surface area contributed by atoms with Gasteiger partial charge in [0.1, 0.15) is 5.75 Å². The summed E-state index contributed by atoms with van der Waals surface area (Å²) in [4.78, 5) is 22.2. The van der Waals surface area contributed by atoms with E-state index in [1.165, 1.54) is 7.11 Å². The molecule has 1 N–H and O–H groups in total. The molecule has 1 amide bonds. The molecule has 0 unspecified atom stereocenters. The zero-order valence-electron chi connectivity index (χ0n) is 9.54. The number of ether oxygens (including phenoxy) is 2. The van der Waals surface area contributed by atoms with E-state index in [0.717, 1.165) is 0 Å². The second kappa shape index (κ2) is 7.23. The van der Waals surface area contributed by atoms with Crippen molar-refractivity contribution in [2.45, 2.75) is 6.42 Å². The summed E-state index contributed by atoms with van der Waals surface area (Å²) in [5.74, 6) is -0.0862. The van der Waals surface area contributed by atoms with Crippen molar-refractivity contribution in [2.24, 2.45) is 0 Å². The van der Waals surface area contributed by atoms with Crippen LogP contribution in [0, 0.1) is 0 Å². The fourth-order valence-electron chi connectivity index (χ4n) is 1.07. The second-order valence-corrected chi connectivity index (χ2v) is 4.51. The van der Waals surface area contributed by atoms with E-state index >= 15 is 0 Å². The molecule has 0 heterocycles. The molecule has 0 radical (unpaired) electrons. The van der Waals surface area contributed by atoms with Gasteiger partial charge in [0.05, 0.1) is 18.0 Å². The van der Waals surface area contributed by atoms with Crippen LogP contribution in [0.4, 0.5) is 4.79 Å². The Labute approximate surface area is 118 Å². The van der Waals surface area contributed by atoms with Crippen LogP contribution < -0.4 is 10.1 Å². The van der Waals surface area contributed by atoms with E-state index in [4.69, 9.17) is 16.3 Å². The van der Waals surface area contributed by atoms with Crippen molar-refractivity contribution in [3.8, 4) is 5.75 Å². The van der Waals surface area contributed by atoms with Crippen LogP contribution in [0.5, 0.6) is 5.75 Å². The van der Waals surface area contributed by atoms with Crippen LogP contribution in [-0.4, -0.2) is 25.7 Å². The minimum atomic E-state index is -0.588. The van der Waals surface area contributed by atoms with Crippen molar-refractivity contribution in [2.75, 3.05) is 13.7 Å². The van der Waals surface area contributed by atoms with E-state index in [1.807, 2.05) is 0 Å². The third-order valence-corrected chi connectivity index (χ3v) is 2.76. The highest BCUT2D eigenvalue weighted by Crippen LogP contribution is 2.28. The molecule has 0 bridgehead atoms. The molecule has 0 fully saturated rings. The Morgan fingerprint density at radius 1 is 1.44 bits per heavy atom. The van der Waals surface area contributed by atoms with Gasteiger partial charge in [0, 0.05) is 11.6 Å². The number of benzene rings is 1. The molecule has 7 heteroatoms. The van der Waals surface area contributed by atoms with Gasteiger partial charge >= 0.3 is 12.1 Å². The fraction of sp³-hybridized carbons (Fsp3) is 0.273. The molecule has 98 valence electrons. The second-order valence-electron chi connectivity index (χ2n) is 3.22. The summed E-state index contributed by atoms with van der Waals surface area (Å²) in [7, 11) is 1.25. The Kier molecular flexibility index (Phi) is 5.94. The monoisotopic (exact) mass is 335 g/mol. The Morgan fingerprint density at radius 3 is 2.78 bits per heavy atom. The number of alkyl carbamates (subject to hydrolysis) is 1. The summed E-state index contributed by atoms with van der Waals surface area (Å²) in [5, 5.41) is 2.91. The largest absolute Gasteiger partial charge is 0.453 e. The molecule has 0 aliphatic carbocycles. The third-order valence-electron chi connectivity index (χ3n) is 1.90. The maximum absolute atomic E-state index is 11.5. The number of halogens is 2. The molecule has 0 atom stereocenters. The molecular weight excluding hydrogens is 325 g/mol. The first-order valence-corrected chi connectivity index (χ1v) is 6.17. The van der Waals surface area contributed by atoms with Crippen LogP contribution in [0.25, 0.3) is 0 Å². The van der Waals surface area contributed by atoms with E-state index in [-0.39, 0.29) is 13.0 Å². The molecule has 0 aromatic heterocycles. The standard InChI is InChI=1S/C11H11BrClNO4/c1-17-11(16)14-5-4-10(15)18-9-3-2-7(13)6-8(9)12/h2-3,6H,4-5H2,1H3,(H,14,16). The molecule has 0 aliphatic rings. The number of carbonyl (C=O) groups is 2. The number of hydrogen-bond donors (Lipinski definition) is 1. The van der Waals surface area contributed by atoms with Crippen molar-refractivity contribution in [3.05, 3.63) is 27.7 Å². The van der Waals surface area contributed by atoms with Crippen LogP contribution >= 0.6 is 27.5 Å². The van der Waals surface area contributed by atoms with Gasteiger partial charge in [-0.05, 0) is 34.1 Å². The zero-order chi connectivity index (χ0) is 13.5. The predicted octanol–water partition coefficient (Wildman–Crippen LogP) is 2.75. The number of amides is 1. The average Bonchev–Trinajstić information content (AvgIpc) is 2.32. The van der Waals surface area contributed by atoms with Crippen LogP contribution in [0.15, 0.2) is 22.7 Å². The van der Waals surface area contributed by atoms with Crippen molar-refractivity contribution in [1.29, 1.82) is 0 Å². The van der Waals surface area contributed by atoms with Crippen molar-refractivity contribution in [1.82, 2.24) is 5.32 Å². The number of nitrogens with one attached hydrogen (secondary N) is 1. The first-order valence-electron chi connectivity index (χ1n) is 5.00. The first-order chi connectivity index (χ1) is 8.52. The fourth-order valence-corrected chi connectivity index (χ4v) is 1.83. The van der Waals surface area contributed by atoms with Crippen LogP contribution in [0.2, 0.25) is 5.02 Å². The Hall–Kier alpha value is -1.27. The lowest BCUT2D eigenvalue weighted by molar-refractivity contribution is -0.134. The van der Waals surface area contributed by atoms with Crippen LogP contribution in [0.1, 0.15) is 6.42 Å². The van der Waals surface area contributed by atoms with Gasteiger partial charge < -0.3 is 14.8 Å². The molecule has 1 aromatic rings. The summed E-state index contributed by atoms with van der Waals surface area (Å²) in [6, 6.07) is 4.82. The summed E-state index contributed by atoms with van der Waals surface area (Å²) in [6.45, 7) is 0.150. The quantitative estimate of drug-likeness (QED) is 0.678. The Bertz CT molecular complexity index is 453. The minimum Gasteiger partial charge on any atom is -0.453 e. The molecule has 0 spiro atoms. The number of rotatable bonds is 4. The summed E-state index contributed by atoms with van der Waals surface area (Å²) in [6.07, 6.45) is -0.542. The highest BCUT2D eigenvalue weighted by Gasteiger charge is 2.09.